The first kappa shape index (κ1) is 14.2. The molecule has 6 nitrogen and oxygen atoms in total. The van der Waals surface area contributed by atoms with Gasteiger partial charge in [-0.1, -0.05) is 0 Å². The van der Waals surface area contributed by atoms with Crippen LogP contribution in [-0.4, -0.2) is 32.1 Å². The van der Waals surface area contributed by atoms with E-state index in [1.54, 1.807) is 0 Å². The topological polar surface area (TPSA) is 63.1 Å². The van der Waals surface area contributed by atoms with Crippen LogP contribution in [0.25, 0.3) is 0 Å². The van der Waals surface area contributed by atoms with Crippen molar-refractivity contribution in [1.82, 2.24) is 19.7 Å². The van der Waals surface area contributed by atoms with Gasteiger partial charge in [-0.15, -0.1) is 11.3 Å². The van der Waals surface area contributed by atoms with E-state index in [2.05, 4.69) is 26.5 Å². The van der Waals surface area contributed by atoms with E-state index in [0.29, 0.717) is 11.2 Å². The van der Waals surface area contributed by atoms with Crippen molar-refractivity contribution in [2.75, 3.05) is 11.9 Å². The molecule has 0 aliphatic carbocycles. The summed E-state index contributed by atoms with van der Waals surface area (Å²) in [4.78, 5) is 17.9. The van der Waals surface area contributed by atoms with E-state index in [-0.39, 0.29) is 5.91 Å². The lowest BCUT2D eigenvalue weighted by molar-refractivity contribution is -0.114. The maximum absolute atomic E-state index is 11.0. The van der Waals surface area contributed by atoms with Gasteiger partial charge in [0.1, 0.15) is 0 Å². The highest BCUT2D eigenvalue weighted by Crippen LogP contribution is 2.33. The molecule has 1 N–H and O–H groups in total. The van der Waals surface area contributed by atoms with Crippen molar-refractivity contribution in [3.05, 3.63) is 29.0 Å². The second kappa shape index (κ2) is 5.95. The molecule has 0 radical (unpaired) electrons. The molecular formula is C14H19N5OS. The molecule has 3 heterocycles. The van der Waals surface area contributed by atoms with Crippen LogP contribution in [0.3, 0.4) is 0 Å². The van der Waals surface area contributed by atoms with Crippen molar-refractivity contribution in [3.63, 3.8) is 0 Å². The van der Waals surface area contributed by atoms with Crippen molar-refractivity contribution >= 4 is 22.4 Å². The fourth-order valence-electron chi connectivity index (χ4n) is 2.80. The number of carbonyl (C=O) groups excluding carboxylic acids is 1. The summed E-state index contributed by atoms with van der Waals surface area (Å²) in [5.41, 5.74) is 2.28. The summed E-state index contributed by atoms with van der Waals surface area (Å²) in [5, 5.41) is 9.69. The number of anilines is 1. The molecule has 1 atom stereocenters. The van der Waals surface area contributed by atoms with Crippen molar-refractivity contribution in [1.29, 1.82) is 0 Å². The lowest BCUT2D eigenvalue weighted by Crippen LogP contribution is -2.22. The van der Waals surface area contributed by atoms with Gasteiger partial charge in [0.2, 0.25) is 5.91 Å². The molecule has 112 valence electrons. The van der Waals surface area contributed by atoms with Crippen LogP contribution >= 0.6 is 11.3 Å². The van der Waals surface area contributed by atoms with E-state index in [4.69, 9.17) is 0 Å². The van der Waals surface area contributed by atoms with E-state index in [1.807, 2.05) is 23.3 Å². The summed E-state index contributed by atoms with van der Waals surface area (Å²) in [6, 6.07) is 0.421. The number of nitrogens with one attached hydrogen (secondary N) is 1. The average Bonchev–Trinajstić information content (AvgIpc) is 3.11. The van der Waals surface area contributed by atoms with Crippen LogP contribution in [0.1, 0.15) is 37.1 Å². The molecule has 1 aliphatic rings. The van der Waals surface area contributed by atoms with Crippen LogP contribution in [0, 0.1) is 0 Å². The molecule has 3 rings (SSSR count). The first-order valence-corrected chi connectivity index (χ1v) is 7.94. The Morgan fingerprint density at radius 2 is 2.43 bits per heavy atom. The minimum absolute atomic E-state index is 0.0784. The van der Waals surface area contributed by atoms with E-state index >= 15 is 0 Å². The smallest absolute Gasteiger partial charge is 0.223 e. The summed E-state index contributed by atoms with van der Waals surface area (Å²) < 4.78 is 1.85. The molecule has 0 unspecified atom stereocenters. The molecule has 1 fully saturated rings. The molecule has 1 amide bonds. The van der Waals surface area contributed by atoms with Gasteiger partial charge < -0.3 is 5.32 Å². The number of nitrogens with zero attached hydrogens (tertiary/aromatic N) is 4. The Labute approximate surface area is 127 Å². The summed E-state index contributed by atoms with van der Waals surface area (Å²) in [5.74, 6) is -0.0784. The summed E-state index contributed by atoms with van der Waals surface area (Å²) in [6.45, 7) is 3.39. The molecule has 0 bridgehead atoms. The van der Waals surface area contributed by atoms with Gasteiger partial charge in [-0.25, -0.2) is 4.98 Å². The first-order valence-electron chi connectivity index (χ1n) is 7.06. The van der Waals surface area contributed by atoms with Crippen LogP contribution in [0.4, 0.5) is 5.13 Å². The van der Waals surface area contributed by atoms with Crippen LogP contribution in [-0.2, 0) is 18.4 Å². The summed E-state index contributed by atoms with van der Waals surface area (Å²) >= 11 is 1.48. The minimum atomic E-state index is -0.0784. The lowest BCUT2D eigenvalue weighted by atomic mass is 10.1. The van der Waals surface area contributed by atoms with Gasteiger partial charge in [0.15, 0.2) is 5.13 Å². The predicted molar refractivity (Wildman–Crippen MR) is 82.0 cm³/mol. The van der Waals surface area contributed by atoms with Crippen molar-refractivity contribution in [2.24, 2.45) is 7.05 Å². The number of hydrogen-bond donors (Lipinski definition) is 1. The lowest BCUT2D eigenvalue weighted by Gasteiger charge is -2.22. The largest absolute Gasteiger partial charge is 0.302 e. The number of carbonyl (C=O) groups is 1. The number of aromatic nitrogens is 3. The van der Waals surface area contributed by atoms with Crippen LogP contribution in [0.5, 0.6) is 0 Å². The average molecular weight is 305 g/mol. The highest BCUT2D eigenvalue weighted by atomic mass is 32.1. The third kappa shape index (κ3) is 3.30. The Morgan fingerprint density at radius 3 is 3.14 bits per heavy atom. The van der Waals surface area contributed by atoms with Gasteiger partial charge in [-0.3, -0.25) is 14.4 Å². The summed E-state index contributed by atoms with van der Waals surface area (Å²) in [6.07, 6.45) is 6.40. The molecular weight excluding hydrogens is 286 g/mol. The standard InChI is InChI=1S/C14H19N5OS/c1-10(20)16-14-17-12(9-21-14)8-19-5-3-4-13(19)11-6-15-18(2)7-11/h6-7,9,13H,3-5,8H2,1-2H3,(H,16,17,20)/t13-/m0/s1. The fourth-order valence-corrected chi connectivity index (χ4v) is 3.55. The van der Waals surface area contributed by atoms with Crippen LogP contribution in [0.15, 0.2) is 17.8 Å². The number of hydrogen-bond acceptors (Lipinski definition) is 5. The molecule has 21 heavy (non-hydrogen) atoms. The zero-order valence-electron chi connectivity index (χ0n) is 12.2. The number of likely N-dealkylation sites (tertiary alicyclic amines) is 1. The molecule has 2 aromatic heterocycles. The minimum Gasteiger partial charge on any atom is -0.302 e. The van der Waals surface area contributed by atoms with E-state index < -0.39 is 0 Å². The SMILES string of the molecule is CC(=O)Nc1nc(CN2CCC[C@H]2c2cnn(C)c2)cs1. The Bertz CT molecular complexity index is 635. The number of rotatable bonds is 4. The third-order valence-electron chi connectivity index (χ3n) is 3.67. The van der Waals surface area contributed by atoms with E-state index in [9.17, 15) is 4.79 Å². The highest BCUT2D eigenvalue weighted by Gasteiger charge is 2.27. The van der Waals surface area contributed by atoms with Crippen molar-refractivity contribution in [3.8, 4) is 0 Å². The fraction of sp³-hybridized carbons (Fsp3) is 0.500. The van der Waals surface area contributed by atoms with Gasteiger partial charge in [0.25, 0.3) is 0 Å². The monoisotopic (exact) mass is 305 g/mol. The number of aryl methyl sites for hydroxylation is 1. The number of amides is 1. The normalized spacial score (nSPS) is 19.0. The van der Waals surface area contributed by atoms with E-state index in [0.717, 1.165) is 25.2 Å². The third-order valence-corrected chi connectivity index (χ3v) is 4.48. The molecule has 0 spiro atoms. The predicted octanol–water partition coefficient (Wildman–Crippen LogP) is 2.17. The molecule has 0 saturated carbocycles. The Balaban J connectivity index is 1.68. The van der Waals surface area contributed by atoms with Gasteiger partial charge in [-0.2, -0.15) is 5.10 Å². The second-order valence-electron chi connectivity index (χ2n) is 5.40. The van der Waals surface area contributed by atoms with Gasteiger partial charge in [0, 0.05) is 43.7 Å². The van der Waals surface area contributed by atoms with Crippen molar-refractivity contribution < 1.29 is 4.79 Å². The van der Waals surface area contributed by atoms with Gasteiger partial charge >= 0.3 is 0 Å². The second-order valence-corrected chi connectivity index (χ2v) is 6.26. The Morgan fingerprint density at radius 1 is 1.57 bits per heavy atom. The number of thiazole rings is 1. The summed E-state index contributed by atoms with van der Waals surface area (Å²) in [7, 11) is 1.95. The zero-order valence-corrected chi connectivity index (χ0v) is 13.1. The Kier molecular flexibility index (Phi) is 4.03. The first-order chi connectivity index (χ1) is 10.1. The maximum atomic E-state index is 11.0. The van der Waals surface area contributed by atoms with Crippen LogP contribution in [0.2, 0.25) is 0 Å². The molecule has 7 heteroatoms. The van der Waals surface area contributed by atoms with Crippen LogP contribution < -0.4 is 5.32 Å². The molecule has 2 aromatic rings. The molecule has 0 aromatic carbocycles. The molecule has 1 saturated heterocycles. The van der Waals surface area contributed by atoms with Gasteiger partial charge in [-0.05, 0) is 19.4 Å². The maximum Gasteiger partial charge on any atom is 0.223 e. The van der Waals surface area contributed by atoms with Gasteiger partial charge in [0.05, 0.1) is 11.9 Å². The Hall–Kier alpha value is -1.73. The van der Waals surface area contributed by atoms with E-state index in [1.165, 1.54) is 30.2 Å². The quantitative estimate of drug-likeness (QED) is 0.940. The zero-order chi connectivity index (χ0) is 14.8. The van der Waals surface area contributed by atoms with Crippen molar-refractivity contribution in [2.45, 2.75) is 32.4 Å². The molecule has 1 aliphatic heterocycles. The highest BCUT2D eigenvalue weighted by molar-refractivity contribution is 7.13.